The highest BCUT2D eigenvalue weighted by Gasteiger charge is 2.01. The van der Waals surface area contributed by atoms with Gasteiger partial charge < -0.3 is 11.5 Å². The molecule has 0 aliphatic heterocycles. The first-order valence-electron chi connectivity index (χ1n) is 3.87. The molecule has 0 aliphatic rings. The average Bonchev–Trinajstić information content (AvgIpc) is 2.17. The summed E-state index contributed by atoms with van der Waals surface area (Å²) >= 11 is 1.72. The highest BCUT2D eigenvalue weighted by Crippen LogP contribution is 2.17. The molecule has 0 spiro atoms. The first-order valence-corrected chi connectivity index (χ1v) is 5.10. The lowest BCUT2D eigenvalue weighted by molar-refractivity contribution is 0.736. The average molecular weight is 182 g/mol. The zero-order chi connectivity index (χ0) is 8.97. The Hall–Kier alpha value is -0.510. The molecule has 0 fully saturated rings. The molecule has 0 heterocycles. The Bertz CT molecular complexity index is 233. The fraction of sp³-hybridized carbons (Fsp3) is 0.333. The molecule has 12 heavy (non-hydrogen) atoms. The molecule has 0 saturated carbocycles. The normalized spacial score (nSPS) is 12.9. The fourth-order valence-corrected chi connectivity index (χ4v) is 1.40. The van der Waals surface area contributed by atoms with E-state index >= 15 is 0 Å². The molecule has 1 atom stereocenters. The molecule has 1 rings (SSSR count). The van der Waals surface area contributed by atoms with Gasteiger partial charge in [-0.05, 0) is 24.0 Å². The number of thioether (sulfide) groups is 1. The lowest BCUT2D eigenvalue weighted by Gasteiger charge is -2.08. The van der Waals surface area contributed by atoms with Crippen LogP contribution < -0.4 is 11.5 Å². The second-order valence-corrected chi connectivity index (χ2v) is 3.50. The van der Waals surface area contributed by atoms with Crippen LogP contribution in [0.2, 0.25) is 0 Å². The van der Waals surface area contributed by atoms with Crippen LogP contribution in [-0.4, -0.2) is 12.8 Å². The van der Waals surface area contributed by atoms with Gasteiger partial charge in [0.1, 0.15) is 0 Å². The molecule has 0 radical (unpaired) electrons. The van der Waals surface area contributed by atoms with E-state index in [2.05, 4.69) is 18.4 Å². The van der Waals surface area contributed by atoms with E-state index in [1.54, 1.807) is 11.8 Å². The molecule has 4 N–H and O–H groups in total. The molecule has 0 saturated heterocycles. The summed E-state index contributed by atoms with van der Waals surface area (Å²) in [6.07, 6.45) is 2.05. The van der Waals surface area contributed by atoms with E-state index < -0.39 is 0 Å². The second kappa shape index (κ2) is 4.50. The van der Waals surface area contributed by atoms with Crippen molar-refractivity contribution < 1.29 is 0 Å². The van der Waals surface area contributed by atoms with Gasteiger partial charge in [-0.1, -0.05) is 12.1 Å². The molecule has 2 nitrogen and oxygen atoms in total. The minimum atomic E-state index is -0.0269. The Morgan fingerprint density at radius 1 is 1.33 bits per heavy atom. The van der Waals surface area contributed by atoms with E-state index in [9.17, 15) is 0 Å². The van der Waals surface area contributed by atoms with Gasteiger partial charge in [0.2, 0.25) is 0 Å². The minimum Gasteiger partial charge on any atom is -0.329 e. The van der Waals surface area contributed by atoms with Crippen LogP contribution in [0.5, 0.6) is 0 Å². The van der Waals surface area contributed by atoms with E-state index in [4.69, 9.17) is 11.5 Å². The van der Waals surface area contributed by atoms with Crippen LogP contribution >= 0.6 is 11.8 Å². The molecule has 1 aromatic carbocycles. The van der Waals surface area contributed by atoms with Crippen molar-refractivity contribution in [2.45, 2.75) is 10.9 Å². The zero-order valence-corrected chi connectivity index (χ0v) is 7.97. The van der Waals surface area contributed by atoms with Gasteiger partial charge >= 0.3 is 0 Å². The lowest BCUT2D eigenvalue weighted by atomic mass is 10.1. The van der Waals surface area contributed by atoms with Gasteiger partial charge in [0.15, 0.2) is 0 Å². The van der Waals surface area contributed by atoms with Crippen LogP contribution in [0, 0.1) is 0 Å². The molecule has 0 aliphatic carbocycles. The van der Waals surface area contributed by atoms with Crippen LogP contribution in [0.25, 0.3) is 0 Å². The van der Waals surface area contributed by atoms with Crippen LogP contribution in [0.3, 0.4) is 0 Å². The van der Waals surface area contributed by atoms with Crippen LogP contribution in [0.4, 0.5) is 0 Å². The van der Waals surface area contributed by atoms with E-state index in [1.165, 1.54) is 4.90 Å². The van der Waals surface area contributed by atoms with E-state index in [0.717, 1.165) is 5.56 Å². The van der Waals surface area contributed by atoms with Crippen molar-refractivity contribution in [2.75, 3.05) is 12.8 Å². The van der Waals surface area contributed by atoms with Crippen LogP contribution in [0.15, 0.2) is 29.2 Å². The van der Waals surface area contributed by atoms with Crippen molar-refractivity contribution in [1.29, 1.82) is 0 Å². The van der Waals surface area contributed by atoms with Gasteiger partial charge in [-0.15, -0.1) is 11.8 Å². The molecule has 1 aromatic rings. The molecule has 0 unspecified atom stereocenters. The predicted octanol–water partition coefficient (Wildman–Crippen LogP) is 1.37. The molecule has 66 valence electrons. The van der Waals surface area contributed by atoms with Crippen molar-refractivity contribution in [3.05, 3.63) is 29.8 Å². The van der Waals surface area contributed by atoms with Crippen LogP contribution in [0.1, 0.15) is 11.6 Å². The van der Waals surface area contributed by atoms with Crippen molar-refractivity contribution in [1.82, 2.24) is 0 Å². The van der Waals surface area contributed by atoms with Crippen molar-refractivity contribution >= 4 is 11.8 Å². The third-order valence-corrected chi connectivity index (χ3v) is 2.54. The second-order valence-electron chi connectivity index (χ2n) is 2.62. The SMILES string of the molecule is CSc1ccc([C@@H](N)CN)cc1. The Labute approximate surface area is 77.3 Å². The van der Waals surface area contributed by atoms with E-state index in [-0.39, 0.29) is 6.04 Å². The fourth-order valence-electron chi connectivity index (χ4n) is 0.987. The number of benzene rings is 1. The maximum absolute atomic E-state index is 5.75. The summed E-state index contributed by atoms with van der Waals surface area (Å²) in [5, 5.41) is 0. The summed E-state index contributed by atoms with van der Waals surface area (Å²) in [5.74, 6) is 0. The summed E-state index contributed by atoms with van der Waals surface area (Å²) in [4.78, 5) is 1.25. The van der Waals surface area contributed by atoms with Gasteiger partial charge in [-0.3, -0.25) is 0 Å². The summed E-state index contributed by atoms with van der Waals surface area (Å²) in [7, 11) is 0. The monoisotopic (exact) mass is 182 g/mol. The lowest BCUT2D eigenvalue weighted by Crippen LogP contribution is -2.20. The molecular formula is C9H14N2S. The zero-order valence-electron chi connectivity index (χ0n) is 7.16. The first-order chi connectivity index (χ1) is 5.77. The molecule has 0 amide bonds. The van der Waals surface area contributed by atoms with Crippen molar-refractivity contribution in [3.8, 4) is 0 Å². The number of rotatable bonds is 3. The Morgan fingerprint density at radius 2 is 1.92 bits per heavy atom. The molecular weight excluding hydrogens is 168 g/mol. The molecule has 0 bridgehead atoms. The summed E-state index contributed by atoms with van der Waals surface area (Å²) in [5.41, 5.74) is 12.3. The maximum Gasteiger partial charge on any atom is 0.0419 e. The largest absolute Gasteiger partial charge is 0.329 e. The summed E-state index contributed by atoms with van der Waals surface area (Å²) in [6.45, 7) is 0.499. The Morgan fingerprint density at radius 3 is 2.33 bits per heavy atom. The van der Waals surface area contributed by atoms with Gasteiger partial charge in [-0.25, -0.2) is 0 Å². The van der Waals surface area contributed by atoms with E-state index in [1.807, 2.05) is 12.1 Å². The standard InChI is InChI=1S/C9H14N2S/c1-12-8-4-2-7(3-5-8)9(11)6-10/h2-5,9H,6,10-11H2,1H3/t9-/m0/s1. The number of nitrogens with two attached hydrogens (primary N) is 2. The molecule has 0 aromatic heterocycles. The van der Waals surface area contributed by atoms with Gasteiger partial charge in [-0.2, -0.15) is 0 Å². The quantitative estimate of drug-likeness (QED) is 0.694. The van der Waals surface area contributed by atoms with Crippen molar-refractivity contribution in [3.63, 3.8) is 0 Å². The number of hydrogen-bond acceptors (Lipinski definition) is 3. The third-order valence-electron chi connectivity index (χ3n) is 1.80. The van der Waals surface area contributed by atoms with Gasteiger partial charge in [0.25, 0.3) is 0 Å². The minimum absolute atomic E-state index is 0.0269. The topological polar surface area (TPSA) is 52.0 Å². The summed E-state index contributed by atoms with van der Waals surface area (Å²) < 4.78 is 0. The first kappa shape index (κ1) is 9.58. The molecule has 3 heteroatoms. The van der Waals surface area contributed by atoms with Crippen LogP contribution in [-0.2, 0) is 0 Å². The van der Waals surface area contributed by atoms with Gasteiger partial charge in [0, 0.05) is 17.5 Å². The Balaban J connectivity index is 2.77. The smallest absolute Gasteiger partial charge is 0.0419 e. The predicted molar refractivity (Wildman–Crippen MR) is 54.2 cm³/mol. The van der Waals surface area contributed by atoms with E-state index in [0.29, 0.717) is 6.54 Å². The summed E-state index contributed by atoms with van der Waals surface area (Å²) in [6, 6.07) is 8.17. The highest BCUT2D eigenvalue weighted by molar-refractivity contribution is 7.98. The Kier molecular flexibility index (Phi) is 3.59. The van der Waals surface area contributed by atoms with Crippen molar-refractivity contribution in [2.24, 2.45) is 11.5 Å². The highest BCUT2D eigenvalue weighted by atomic mass is 32.2. The third kappa shape index (κ3) is 2.24. The van der Waals surface area contributed by atoms with Gasteiger partial charge in [0.05, 0.1) is 0 Å². The maximum atomic E-state index is 5.75. The number of hydrogen-bond donors (Lipinski definition) is 2.